The lowest BCUT2D eigenvalue weighted by molar-refractivity contribution is -0.141. The summed E-state index contributed by atoms with van der Waals surface area (Å²) in [6, 6.07) is 12.4. The number of halogens is 2. The molecule has 0 aromatic heterocycles. The molecule has 0 bridgehead atoms. The zero-order valence-electron chi connectivity index (χ0n) is 18.3. The van der Waals surface area contributed by atoms with E-state index in [4.69, 9.17) is 27.9 Å². The van der Waals surface area contributed by atoms with Crippen molar-refractivity contribution in [3.8, 4) is 5.75 Å². The zero-order valence-corrected chi connectivity index (χ0v) is 19.8. The Balaban J connectivity index is 2.09. The van der Waals surface area contributed by atoms with Crippen LogP contribution in [0.25, 0.3) is 0 Å². The molecular weight excluding hydrogens is 435 g/mol. The average Bonchev–Trinajstić information content (AvgIpc) is 2.74. The highest BCUT2D eigenvalue weighted by molar-refractivity contribution is 6.36. The second kappa shape index (κ2) is 12.6. The predicted octanol–water partition coefficient (Wildman–Crippen LogP) is 5.40. The second-order valence-corrected chi connectivity index (χ2v) is 8.12. The first-order valence-electron chi connectivity index (χ1n) is 10.6. The van der Waals surface area contributed by atoms with Gasteiger partial charge in [0, 0.05) is 35.1 Å². The van der Waals surface area contributed by atoms with E-state index in [1.54, 1.807) is 23.1 Å². The van der Waals surface area contributed by atoms with Crippen LogP contribution in [-0.2, 0) is 16.1 Å². The van der Waals surface area contributed by atoms with Gasteiger partial charge >= 0.3 is 0 Å². The van der Waals surface area contributed by atoms with Crippen LogP contribution < -0.4 is 10.1 Å². The van der Waals surface area contributed by atoms with Crippen molar-refractivity contribution in [2.24, 2.45) is 0 Å². The molecule has 0 heterocycles. The molecule has 0 saturated carbocycles. The minimum Gasteiger partial charge on any atom is -0.494 e. The summed E-state index contributed by atoms with van der Waals surface area (Å²) in [6.45, 7) is 6.83. The van der Waals surface area contributed by atoms with E-state index >= 15 is 0 Å². The van der Waals surface area contributed by atoms with Crippen LogP contribution in [0.4, 0.5) is 0 Å². The standard InChI is InChI=1S/C24H30Cl2N2O3/c1-4-22(24(30)27-5-2)28(16-19-20(25)8-6-9-21(19)26)23(29)10-7-15-31-18-13-11-17(3)12-14-18/h6,8-9,11-14,22H,4-5,7,10,15-16H2,1-3H3,(H,27,30). The number of nitrogens with one attached hydrogen (secondary N) is 1. The molecule has 0 radical (unpaired) electrons. The van der Waals surface area contributed by atoms with Crippen molar-refractivity contribution in [2.45, 2.75) is 52.6 Å². The molecule has 168 valence electrons. The highest BCUT2D eigenvalue weighted by Gasteiger charge is 2.29. The molecule has 2 amide bonds. The fourth-order valence-electron chi connectivity index (χ4n) is 3.26. The molecule has 0 aliphatic rings. The van der Waals surface area contributed by atoms with Crippen LogP contribution in [0.15, 0.2) is 42.5 Å². The van der Waals surface area contributed by atoms with E-state index in [0.29, 0.717) is 41.6 Å². The van der Waals surface area contributed by atoms with Crippen LogP contribution in [0.5, 0.6) is 5.75 Å². The van der Waals surface area contributed by atoms with Crippen LogP contribution in [-0.4, -0.2) is 35.9 Å². The molecule has 2 rings (SSSR count). The van der Waals surface area contributed by atoms with Crippen molar-refractivity contribution in [2.75, 3.05) is 13.2 Å². The van der Waals surface area contributed by atoms with Crippen molar-refractivity contribution in [3.63, 3.8) is 0 Å². The van der Waals surface area contributed by atoms with Crippen LogP contribution in [0.3, 0.4) is 0 Å². The van der Waals surface area contributed by atoms with Gasteiger partial charge in [-0.15, -0.1) is 0 Å². The Kier molecular flexibility index (Phi) is 10.2. The molecule has 31 heavy (non-hydrogen) atoms. The second-order valence-electron chi connectivity index (χ2n) is 7.31. The molecular formula is C24H30Cl2N2O3. The number of amides is 2. The third-order valence-corrected chi connectivity index (χ3v) is 5.66. The summed E-state index contributed by atoms with van der Waals surface area (Å²) in [5.41, 5.74) is 1.80. The molecule has 1 atom stereocenters. The van der Waals surface area contributed by atoms with Gasteiger partial charge in [0.25, 0.3) is 0 Å². The third kappa shape index (κ3) is 7.44. The third-order valence-electron chi connectivity index (χ3n) is 4.95. The van der Waals surface area contributed by atoms with E-state index in [9.17, 15) is 9.59 Å². The van der Waals surface area contributed by atoms with Gasteiger partial charge in [0.15, 0.2) is 0 Å². The van der Waals surface area contributed by atoms with Crippen molar-refractivity contribution in [1.29, 1.82) is 0 Å². The lowest BCUT2D eigenvalue weighted by atomic mass is 10.1. The van der Waals surface area contributed by atoms with E-state index in [0.717, 1.165) is 11.3 Å². The summed E-state index contributed by atoms with van der Waals surface area (Å²) in [4.78, 5) is 27.3. The largest absolute Gasteiger partial charge is 0.494 e. The number of hydrogen-bond acceptors (Lipinski definition) is 3. The maximum atomic E-state index is 13.1. The summed E-state index contributed by atoms with van der Waals surface area (Å²) >= 11 is 12.7. The fourth-order valence-corrected chi connectivity index (χ4v) is 3.77. The number of rotatable bonds is 11. The number of nitrogens with zero attached hydrogens (tertiary/aromatic N) is 1. The molecule has 0 aliphatic heterocycles. The molecule has 1 unspecified atom stereocenters. The zero-order chi connectivity index (χ0) is 22.8. The van der Waals surface area contributed by atoms with Gasteiger partial charge in [-0.2, -0.15) is 0 Å². The fraction of sp³-hybridized carbons (Fsp3) is 0.417. The Morgan fingerprint density at radius 3 is 2.29 bits per heavy atom. The van der Waals surface area contributed by atoms with Gasteiger partial charge in [0.1, 0.15) is 11.8 Å². The highest BCUT2D eigenvalue weighted by Crippen LogP contribution is 2.27. The van der Waals surface area contributed by atoms with Crippen LogP contribution in [0.2, 0.25) is 10.0 Å². The van der Waals surface area contributed by atoms with Crippen molar-refractivity contribution >= 4 is 35.0 Å². The number of hydrogen-bond donors (Lipinski definition) is 1. The van der Waals surface area contributed by atoms with Gasteiger partial charge in [0.2, 0.25) is 11.8 Å². The summed E-state index contributed by atoms with van der Waals surface area (Å²) in [5, 5.41) is 3.76. The Bertz CT molecular complexity index is 851. The lowest BCUT2D eigenvalue weighted by Crippen LogP contribution is -2.49. The Morgan fingerprint density at radius 2 is 1.71 bits per heavy atom. The van der Waals surface area contributed by atoms with Crippen LogP contribution >= 0.6 is 23.2 Å². The summed E-state index contributed by atoms with van der Waals surface area (Å²) in [6.07, 6.45) is 1.27. The maximum absolute atomic E-state index is 13.1. The summed E-state index contributed by atoms with van der Waals surface area (Å²) in [5.74, 6) is 0.450. The number of ether oxygens (including phenoxy) is 1. The van der Waals surface area contributed by atoms with E-state index < -0.39 is 6.04 Å². The lowest BCUT2D eigenvalue weighted by Gasteiger charge is -2.31. The quantitative estimate of drug-likeness (QED) is 0.452. The molecule has 0 fully saturated rings. The minimum atomic E-state index is -0.599. The van der Waals surface area contributed by atoms with Gasteiger partial charge in [0.05, 0.1) is 6.61 Å². The number of carbonyl (C=O) groups is 2. The molecule has 7 heteroatoms. The first-order valence-corrected chi connectivity index (χ1v) is 11.3. The van der Waals surface area contributed by atoms with E-state index in [2.05, 4.69) is 5.32 Å². The Labute approximate surface area is 194 Å². The molecule has 0 spiro atoms. The van der Waals surface area contributed by atoms with Gasteiger partial charge in [-0.25, -0.2) is 0 Å². The van der Waals surface area contributed by atoms with Crippen molar-refractivity contribution in [3.05, 3.63) is 63.6 Å². The number of likely N-dealkylation sites (N-methyl/N-ethyl adjacent to an activating group) is 1. The van der Waals surface area contributed by atoms with Crippen LogP contribution in [0.1, 0.15) is 44.2 Å². The van der Waals surface area contributed by atoms with Crippen molar-refractivity contribution < 1.29 is 14.3 Å². The average molecular weight is 465 g/mol. The number of aryl methyl sites for hydroxylation is 1. The van der Waals surface area contributed by atoms with Crippen molar-refractivity contribution in [1.82, 2.24) is 10.2 Å². The first-order chi connectivity index (χ1) is 14.9. The summed E-state index contributed by atoms with van der Waals surface area (Å²) < 4.78 is 5.73. The van der Waals surface area contributed by atoms with Gasteiger partial charge in [-0.1, -0.05) is 53.9 Å². The van der Waals surface area contributed by atoms with Gasteiger partial charge < -0.3 is 15.0 Å². The Morgan fingerprint density at radius 1 is 1.06 bits per heavy atom. The van der Waals surface area contributed by atoms with Gasteiger partial charge in [-0.3, -0.25) is 9.59 Å². The smallest absolute Gasteiger partial charge is 0.242 e. The highest BCUT2D eigenvalue weighted by atomic mass is 35.5. The maximum Gasteiger partial charge on any atom is 0.242 e. The monoisotopic (exact) mass is 464 g/mol. The molecule has 5 nitrogen and oxygen atoms in total. The topological polar surface area (TPSA) is 58.6 Å². The van der Waals surface area contributed by atoms with E-state index in [1.165, 1.54) is 0 Å². The number of carbonyl (C=O) groups excluding carboxylic acids is 2. The first kappa shape index (κ1) is 25.0. The molecule has 0 aliphatic carbocycles. The molecule has 2 aromatic rings. The number of benzene rings is 2. The summed E-state index contributed by atoms with van der Waals surface area (Å²) in [7, 11) is 0. The van der Waals surface area contributed by atoms with Gasteiger partial charge in [-0.05, 0) is 51.0 Å². The molecule has 0 saturated heterocycles. The molecule has 1 N–H and O–H groups in total. The van der Waals surface area contributed by atoms with E-state index in [1.807, 2.05) is 45.0 Å². The normalized spacial score (nSPS) is 11.6. The Hall–Kier alpha value is -2.24. The minimum absolute atomic E-state index is 0.137. The SMILES string of the molecule is CCNC(=O)C(CC)N(Cc1c(Cl)cccc1Cl)C(=O)CCCOc1ccc(C)cc1. The predicted molar refractivity (Wildman–Crippen MR) is 126 cm³/mol. The van der Waals surface area contributed by atoms with Crippen LogP contribution in [0, 0.1) is 6.92 Å². The van der Waals surface area contributed by atoms with E-state index in [-0.39, 0.29) is 24.8 Å². The molecule has 2 aromatic carbocycles.